The summed E-state index contributed by atoms with van der Waals surface area (Å²) in [4.78, 5) is 3.73. The van der Waals surface area contributed by atoms with Crippen LogP contribution in [0.5, 0.6) is 5.75 Å². The van der Waals surface area contributed by atoms with Crippen molar-refractivity contribution in [3.63, 3.8) is 0 Å². The summed E-state index contributed by atoms with van der Waals surface area (Å²) in [6.45, 7) is 0.245. The zero-order chi connectivity index (χ0) is 11.4. The number of benzene rings is 1. The number of nitrogens with zero attached hydrogens (tertiary/aromatic N) is 1. The summed E-state index contributed by atoms with van der Waals surface area (Å²) in [6, 6.07) is 8.52. The molecule has 0 aliphatic carbocycles. The van der Waals surface area contributed by atoms with Gasteiger partial charge in [-0.1, -0.05) is 23.7 Å². The molecular formula is C12H9ClFNO. The predicted octanol–water partition coefficient (Wildman–Crippen LogP) is 3.45. The lowest BCUT2D eigenvalue weighted by atomic mass is 10.3. The molecule has 0 unspecified atom stereocenters. The minimum absolute atomic E-state index is 0.245. The van der Waals surface area contributed by atoms with Crippen LogP contribution in [0.1, 0.15) is 5.56 Å². The monoisotopic (exact) mass is 237 g/mol. The third kappa shape index (κ3) is 2.70. The van der Waals surface area contributed by atoms with Gasteiger partial charge in [-0.15, -0.1) is 0 Å². The largest absolute Gasteiger partial charge is 0.487 e. The number of para-hydroxylation sites is 1. The summed E-state index contributed by atoms with van der Waals surface area (Å²) < 4.78 is 18.3. The van der Waals surface area contributed by atoms with Crippen LogP contribution in [0.15, 0.2) is 42.7 Å². The number of aromatic nitrogens is 1. The molecule has 2 nitrogen and oxygen atoms in total. The van der Waals surface area contributed by atoms with E-state index in [9.17, 15) is 4.39 Å². The Labute approximate surface area is 97.7 Å². The highest BCUT2D eigenvalue weighted by molar-refractivity contribution is 6.32. The second-order valence-corrected chi connectivity index (χ2v) is 3.64. The van der Waals surface area contributed by atoms with Gasteiger partial charge in [0.1, 0.15) is 18.2 Å². The number of hydrogen-bond donors (Lipinski definition) is 0. The zero-order valence-electron chi connectivity index (χ0n) is 8.36. The van der Waals surface area contributed by atoms with E-state index in [2.05, 4.69) is 4.98 Å². The van der Waals surface area contributed by atoms with E-state index >= 15 is 0 Å². The van der Waals surface area contributed by atoms with Gasteiger partial charge in [-0.2, -0.15) is 0 Å². The van der Waals surface area contributed by atoms with Crippen molar-refractivity contribution in [3.8, 4) is 5.75 Å². The number of rotatable bonds is 3. The lowest BCUT2D eigenvalue weighted by Gasteiger charge is -2.07. The molecule has 82 valence electrons. The molecule has 4 heteroatoms. The zero-order valence-corrected chi connectivity index (χ0v) is 9.12. The molecule has 2 aromatic rings. The molecule has 0 atom stereocenters. The van der Waals surface area contributed by atoms with Crippen molar-refractivity contribution < 1.29 is 9.13 Å². The molecule has 1 aromatic heterocycles. The van der Waals surface area contributed by atoms with Gasteiger partial charge in [0.05, 0.1) is 11.2 Å². The van der Waals surface area contributed by atoms with E-state index in [0.29, 0.717) is 16.3 Å². The van der Waals surface area contributed by atoms with Crippen LogP contribution >= 0.6 is 11.6 Å². The first-order chi connectivity index (χ1) is 7.75. The van der Waals surface area contributed by atoms with Crippen LogP contribution in [0, 0.1) is 5.82 Å². The third-order valence-electron chi connectivity index (χ3n) is 1.99. The van der Waals surface area contributed by atoms with Crippen molar-refractivity contribution in [2.75, 3.05) is 0 Å². The first-order valence-corrected chi connectivity index (χ1v) is 5.10. The Balaban J connectivity index is 2.05. The van der Waals surface area contributed by atoms with Gasteiger partial charge < -0.3 is 4.74 Å². The summed E-state index contributed by atoms with van der Waals surface area (Å²) in [7, 11) is 0. The molecule has 0 fully saturated rings. The van der Waals surface area contributed by atoms with E-state index in [1.165, 1.54) is 6.07 Å². The number of hydrogen-bond acceptors (Lipinski definition) is 2. The smallest absolute Gasteiger partial charge is 0.141 e. The summed E-state index contributed by atoms with van der Waals surface area (Å²) >= 11 is 5.91. The SMILES string of the molecule is Fc1cncc(COc2ccccc2Cl)c1. The number of ether oxygens (including phenoxy) is 1. The molecule has 2 rings (SSSR count). The Bertz CT molecular complexity index is 490. The Hall–Kier alpha value is -1.61. The number of halogens is 2. The minimum Gasteiger partial charge on any atom is -0.487 e. The maximum Gasteiger partial charge on any atom is 0.141 e. The van der Waals surface area contributed by atoms with Crippen LogP contribution in [0.4, 0.5) is 4.39 Å². The van der Waals surface area contributed by atoms with Crippen molar-refractivity contribution >= 4 is 11.6 Å². The molecule has 0 N–H and O–H groups in total. The Morgan fingerprint density at radius 3 is 2.81 bits per heavy atom. The Morgan fingerprint density at radius 2 is 2.06 bits per heavy atom. The van der Waals surface area contributed by atoms with Crippen molar-refractivity contribution in [2.24, 2.45) is 0 Å². The lowest BCUT2D eigenvalue weighted by Crippen LogP contribution is -1.97. The molecule has 0 aliphatic heterocycles. The van der Waals surface area contributed by atoms with Crippen LogP contribution < -0.4 is 4.74 Å². The second-order valence-electron chi connectivity index (χ2n) is 3.23. The predicted molar refractivity (Wildman–Crippen MR) is 60.0 cm³/mol. The van der Waals surface area contributed by atoms with E-state index < -0.39 is 0 Å². The average molecular weight is 238 g/mol. The van der Waals surface area contributed by atoms with Crippen LogP contribution in [-0.4, -0.2) is 4.98 Å². The van der Waals surface area contributed by atoms with E-state index in [4.69, 9.17) is 16.3 Å². The maximum absolute atomic E-state index is 12.8. The highest BCUT2D eigenvalue weighted by Crippen LogP contribution is 2.23. The topological polar surface area (TPSA) is 22.1 Å². The molecule has 16 heavy (non-hydrogen) atoms. The van der Waals surface area contributed by atoms with Gasteiger partial charge in [-0.05, 0) is 18.2 Å². The first-order valence-electron chi connectivity index (χ1n) is 4.72. The highest BCUT2D eigenvalue weighted by atomic mass is 35.5. The fourth-order valence-corrected chi connectivity index (χ4v) is 1.45. The van der Waals surface area contributed by atoms with E-state index in [1.807, 2.05) is 12.1 Å². The summed E-state index contributed by atoms with van der Waals surface area (Å²) in [6.07, 6.45) is 2.71. The van der Waals surface area contributed by atoms with Gasteiger partial charge in [0.15, 0.2) is 0 Å². The molecule has 0 saturated heterocycles. The van der Waals surface area contributed by atoms with Crippen LogP contribution in [-0.2, 0) is 6.61 Å². The van der Waals surface area contributed by atoms with Crippen LogP contribution in [0.2, 0.25) is 5.02 Å². The highest BCUT2D eigenvalue weighted by Gasteiger charge is 2.01. The fraction of sp³-hybridized carbons (Fsp3) is 0.0833. The van der Waals surface area contributed by atoms with Crippen LogP contribution in [0.3, 0.4) is 0 Å². The molecule has 1 heterocycles. The fourth-order valence-electron chi connectivity index (χ4n) is 1.26. The molecule has 0 radical (unpaired) electrons. The second kappa shape index (κ2) is 4.94. The van der Waals surface area contributed by atoms with E-state index in [1.54, 1.807) is 18.3 Å². The standard InChI is InChI=1S/C12H9ClFNO/c13-11-3-1-2-4-12(11)16-8-9-5-10(14)7-15-6-9/h1-7H,8H2. The molecule has 0 amide bonds. The first kappa shape index (κ1) is 10.9. The summed E-state index contributed by atoms with van der Waals surface area (Å²) in [5.74, 6) is 0.202. The van der Waals surface area contributed by atoms with Gasteiger partial charge in [0.25, 0.3) is 0 Å². The van der Waals surface area contributed by atoms with Gasteiger partial charge in [-0.3, -0.25) is 4.98 Å². The Kier molecular flexibility index (Phi) is 3.37. The van der Waals surface area contributed by atoms with Gasteiger partial charge in [-0.25, -0.2) is 4.39 Å². The Morgan fingerprint density at radius 1 is 1.25 bits per heavy atom. The van der Waals surface area contributed by atoms with Gasteiger partial charge in [0, 0.05) is 11.8 Å². The van der Waals surface area contributed by atoms with Crippen LogP contribution in [0.25, 0.3) is 0 Å². The van der Waals surface area contributed by atoms with Gasteiger partial charge in [0.2, 0.25) is 0 Å². The van der Waals surface area contributed by atoms with Crippen molar-refractivity contribution in [1.82, 2.24) is 4.98 Å². The molecular weight excluding hydrogens is 229 g/mol. The number of pyridine rings is 1. The molecule has 1 aromatic carbocycles. The summed E-state index contributed by atoms with van der Waals surface area (Å²) in [5, 5.41) is 0.534. The van der Waals surface area contributed by atoms with E-state index in [-0.39, 0.29) is 12.4 Å². The minimum atomic E-state index is -0.375. The normalized spacial score (nSPS) is 10.1. The lowest BCUT2D eigenvalue weighted by molar-refractivity contribution is 0.305. The van der Waals surface area contributed by atoms with Crippen molar-refractivity contribution in [1.29, 1.82) is 0 Å². The summed E-state index contributed by atoms with van der Waals surface area (Å²) in [5.41, 5.74) is 0.667. The van der Waals surface area contributed by atoms with Gasteiger partial charge >= 0.3 is 0 Å². The molecule has 0 saturated carbocycles. The molecule has 0 bridgehead atoms. The van der Waals surface area contributed by atoms with Crippen molar-refractivity contribution in [3.05, 3.63) is 59.1 Å². The molecule has 0 spiro atoms. The molecule has 0 aliphatic rings. The van der Waals surface area contributed by atoms with E-state index in [0.717, 1.165) is 6.20 Å². The third-order valence-corrected chi connectivity index (χ3v) is 2.30. The quantitative estimate of drug-likeness (QED) is 0.816. The maximum atomic E-state index is 12.8. The van der Waals surface area contributed by atoms with Crippen molar-refractivity contribution in [2.45, 2.75) is 6.61 Å². The average Bonchev–Trinajstić information content (AvgIpc) is 2.28.